The summed E-state index contributed by atoms with van der Waals surface area (Å²) in [6.45, 7) is 0. The molecule has 19 valence electrons. The molecule has 0 spiro atoms. The smallest absolute Gasteiger partial charge is 0.870 e. The van der Waals surface area contributed by atoms with Crippen LogP contribution in [0.25, 0.3) is 0 Å². The third-order valence-electron chi connectivity index (χ3n) is 0. The summed E-state index contributed by atoms with van der Waals surface area (Å²) in [6.07, 6.45) is 0. The Morgan fingerprint density at radius 3 is 1.00 bits per heavy atom. The van der Waals surface area contributed by atoms with Gasteiger partial charge in [-0.2, -0.15) is 0 Å². The molecule has 0 aliphatic carbocycles. The Morgan fingerprint density at radius 2 is 1.00 bits per heavy atom. The van der Waals surface area contributed by atoms with E-state index < -0.39 is 0 Å². The predicted molar refractivity (Wildman–Crippen MR) is 11.3 cm³/mol. The maximum absolute atomic E-state index is 0. The van der Waals surface area contributed by atoms with Gasteiger partial charge in [-0.3, -0.25) is 0 Å². The molecule has 4 heteroatoms. The summed E-state index contributed by atoms with van der Waals surface area (Å²) in [5.41, 5.74) is 0. The van der Waals surface area contributed by atoms with Crippen molar-refractivity contribution in [3.05, 3.63) is 0 Å². The zero-order valence-corrected chi connectivity index (χ0v) is 3.68. The molecule has 3 radical (unpaired) electrons. The van der Waals surface area contributed by atoms with E-state index in [0.717, 1.165) is 0 Å². The summed E-state index contributed by atoms with van der Waals surface area (Å²) in [6, 6.07) is 0. The minimum absolute atomic E-state index is 0. The Balaban J connectivity index is 0. The second-order valence-corrected chi connectivity index (χ2v) is 0. The molecule has 2 nitrogen and oxygen atoms in total. The van der Waals surface area contributed by atoms with Crippen molar-refractivity contribution >= 4 is 17.4 Å². The van der Waals surface area contributed by atoms with Gasteiger partial charge in [-0.05, 0) is 0 Å². The normalized spacial score (nSPS) is 0. The zero-order chi connectivity index (χ0) is 0. The van der Waals surface area contributed by atoms with Crippen LogP contribution in [-0.4, -0.2) is 28.3 Å². The summed E-state index contributed by atoms with van der Waals surface area (Å²) in [4.78, 5) is 0. The molecule has 0 amide bonds. The molecule has 0 atom stereocenters. The van der Waals surface area contributed by atoms with Gasteiger partial charge in [0.1, 0.15) is 0 Å². The first-order valence-corrected chi connectivity index (χ1v) is 0. The predicted octanol–water partition coefficient (Wildman–Crippen LogP) is -4.38. The van der Waals surface area contributed by atoms with E-state index in [4.69, 9.17) is 0 Å². The van der Waals surface area contributed by atoms with Gasteiger partial charge < -0.3 is 11.0 Å². The van der Waals surface area contributed by atoms with Crippen LogP contribution >= 0.6 is 0 Å². The molecule has 0 aliphatic rings. The SMILES string of the molecule is O.[Al].[Li+].[OH-]. The largest absolute Gasteiger partial charge is 1.00 e. The van der Waals surface area contributed by atoms with Crippen LogP contribution in [0.15, 0.2) is 0 Å². The molecule has 0 unspecified atom stereocenters. The first-order chi connectivity index (χ1) is 0. The number of hydrogen-bond donors (Lipinski definition) is 0. The van der Waals surface area contributed by atoms with Gasteiger partial charge in [-0.15, -0.1) is 0 Å². The van der Waals surface area contributed by atoms with Gasteiger partial charge in [0.05, 0.1) is 0 Å². The molecule has 0 saturated heterocycles. The minimum atomic E-state index is 0. The number of hydrogen-bond acceptors (Lipinski definition) is 1. The van der Waals surface area contributed by atoms with Gasteiger partial charge in [-0.1, -0.05) is 0 Å². The minimum Gasteiger partial charge on any atom is -0.870 e. The molecule has 0 aliphatic heterocycles. The Bertz CT molecular complexity index is 6.00. The van der Waals surface area contributed by atoms with E-state index in [1.54, 1.807) is 0 Å². The van der Waals surface area contributed by atoms with Gasteiger partial charge in [0.15, 0.2) is 0 Å². The van der Waals surface area contributed by atoms with Crippen LogP contribution in [0.1, 0.15) is 0 Å². The molecule has 0 fully saturated rings. The molecular weight excluding hydrogens is 65.9 g/mol. The first-order valence-electron chi connectivity index (χ1n) is 0. The first kappa shape index (κ1) is 75.1. The quantitative estimate of drug-likeness (QED) is 0.265. The third kappa shape index (κ3) is 11.6. The van der Waals surface area contributed by atoms with Gasteiger partial charge in [0.2, 0.25) is 0 Å². The van der Waals surface area contributed by atoms with Crippen LogP contribution in [0.4, 0.5) is 0 Å². The summed E-state index contributed by atoms with van der Waals surface area (Å²) in [7, 11) is 0. The van der Waals surface area contributed by atoms with Crippen LogP contribution in [0.3, 0.4) is 0 Å². The molecule has 0 rings (SSSR count). The summed E-state index contributed by atoms with van der Waals surface area (Å²) in [5.74, 6) is 0. The van der Waals surface area contributed by atoms with Crippen molar-refractivity contribution in [1.82, 2.24) is 0 Å². The van der Waals surface area contributed by atoms with Crippen LogP contribution in [0.2, 0.25) is 0 Å². The van der Waals surface area contributed by atoms with Crippen LogP contribution in [0, 0.1) is 0 Å². The Kier molecular flexibility index (Phi) is 642. The topological polar surface area (TPSA) is 61.5 Å². The molecule has 0 saturated carbocycles. The second-order valence-electron chi connectivity index (χ2n) is 0. The van der Waals surface area contributed by atoms with Crippen LogP contribution in [-0.2, 0) is 0 Å². The molecule has 3 N–H and O–H groups in total. The molecule has 0 aromatic heterocycles. The van der Waals surface area contributed by atoms with E-state index in [1.807, 2.05) is 0 Å². The average molecular weight is 68.9 g/mol. The van der Waals surface area contributed by atoms with E-state index in [0.29, 0.717) is 0 Å². The van der Waals surface area contributed by atoms with Crippen molar-refractivity contribution in [2.45, 2.75) is 0 Å². The maximum atomic E-state index is 0. The molecule has 0 aromatic rings. The molecule has 0 heterocycles. The van der Waals surface area contributed by atoms with Crippen molar-refractivity contribution in [1.29, 1.82) is 0 Å². The summed E-state index contributed by atoms with van der Waals surface area (Å²) < 4.78 is 0. The summed E-state index contributed by atoms with van der Waals surface area (Å²) >= 11 is 0. The third-order valence-corrected chi connectivity index (χ3v) is 0. The van der Waals surface area contributed by atoms with E-state index in [-0.39, 0.29) is 47.2 Å². The Labute approximate surface area is 47.5 Å². The fourth-order valence-electron chi connectivity index (χ4n) is 0. The van der Waals surface area contributed by atoms with E-state index in [1.165, 1.54) is 0 Å². The van der Waals surface area contributed by atoms with Gasteiger partial charge in [-0.25, -0.2) is 0 Å². The van der Waals surface area contributed by atoms with Gasteiger partial charge >= 0.3 is 18.9 Å². The summed E-state index contributed by atoms with van der Waals surface area (Å²) in [5, 5.41) is 0. The van der Waals surface area contributed by atoms with E-state index in [2.05, 4.69) is 0 Å². The van der Waals surface area contributed by atoms with Crippen molar-refractivity contribution in [2.24, 2.45) is 0 Å². The molecule has 0 aromatic carbocycles. The van der Waals surface area contributed by atoms with Crippen LogP contribution < -0.4 is 18.9 Å². The van der Waals surface area contributed by atoms with Crippen molar-refractivity contribution < 1.29 is 29.8 Å². The van der Waals surface area contributed by atoms with E-state index >= 15 is 0 Å². The van der Waals surface area contributed by atoms with E-state index in [9.17, 15) is 0 Å². The Morgan fingerprint density at radius 1 is 1.00 bits per heavy atom. The maximum Gasteiger partial charge on any atom is 1.00 e. The van der Waals surface area contributed by atoms with Gasteiger partial charge in [0.25, 0.3) is 0 Å². The average Bonchev–Trinajstić information content (AvgIpc) is 0. The zero-order valence-electron chi connectivity index (χ0n) is 2.52. The van der Waals surface area contributed by atoms with Crippen LogP contribution in [0.5, 0.6) is 0 Å². The monoisotopic (exact) mass is 69.0 g/mol. The van der Waals surface area contributed by atoms with Crippen molar-refractivity contribution in [3.63, 3.8) is 0 Å². The Hall–Kier alpha value is 1.05. The van der Waals surface area contributed by atoms with Gasteiger partial charge in [0, 0.05) is 17.4 Å². The fourth-order valence-corrected chi connectivity index (χ4v) is 0. The molecule has 4 heavy (non-hydrogen) atoms. The molecule has 0 bridgehead atoms. The number of rotatable bonds is 0. The second kappa shape index (κ2) is 34.2. The van der Waals surface area contributed by atoms with Crippen molar-refractivity contribution in [2.75, 3.05) is 0 Å². The van der Waals surface area contributed by atoms with Crippen molar-refractivity contribution in [3.8, 4) is 0 Å². The fraction of sp³-hybridized carbons (Fsp3) is 0. The molecular formula is H3AlLiO2. The standard InChI is InChI=1S/Al.Li.2H2O/h;;2*1H2/q;+1;;/p-1.